The maximum Gasteiger partial charge on any atom is 0.137 e. The number of hydrogen-bond acceptors (Lipinski definition) is 1. The quantitative estimate of drug-likeness (QED) is 0.730. The number of aliphatic hydroxyl groups excluding tert-OH is 1. The molecule has 0 spiro atoms. The van der Waals surface area contributed by atoms with Gasteiger partial charge in [-0.1, -0.05) is 51.7 Å². The number of unbranched alkanes of at least 4 members (excludes halogenated alkanes) is 1. The van der Waals surface area contributed by atoms with Crippen molar-refractivity contribution >= 4 is 15.9 Å². The predicted octanol–water partition coefficient (Wildman–Crippen LogP) is 5.23. The van der Waals surface area contributed by atoms with Gasteiger partial charge in [0.05, 0.1) is 10.6 Å². The Labute approximate surface area is 118 Å². The molecule has 1 N–H and O–H groups in total. The summed E-state index contributed by atoms with van der Waals surface area (Å²) in [5.74, 6) is 0.197. The molecule has 1 rings (SSSR count). The fourth-order valence-electron chi connectivity index (χ4n) is 2.20. The van der Waals surface area contributed by atoms with E-state index in [0.29, 0.717) is 22.4 Å². The lowest BCUT2D eigenvalue weighted by Gasteiger charge is -2.20. The van der Waals surface area contributed by atoms with Gasteiger partial charge in [-0.05, 0) is 39.9 Å². The molecule has 0 bridgehead atoms. The topological polar surface area (TPSA) is 20.2 Å². The highest BCUT2D eigenvalue weighted by atomic mass is 79.9. The third kappa shape index (κ3) is 4.36. The molecule has 1 aromatic rings. The third-order valence-corrected chi connectivity index (χ3v) is 4.28. The summed E-state index contributed by atoms with van der Waals surface area (Å²) in [5, 5.41) is 10.2. The second-order valence-electron chi connectivity index (χ2n) is 4.81. The van der Waals surface area contributed by atoms with E-state index in [9.17, 15) is 9.50 Å². The molecule has 0 aliphatic carbocycles. The highest BCUT2D eigenvalue weighted by molar-refractivity contribution is 9.10. The van der Waals surface area contributed by atoms with Gasteiger partial charge in [0, 0.05) is 0 Å². The van der Waals surface area contributed by atoms with Crippen molar-refractivity contribution in [2.75, 3.05) is 0 Å². The summed E-state index contributed by atoms with van der Waals surface area (Å²) in [6.45, 7) is 4.32. The minimum absolute atomic E-state index is 0.312. The van der Waals surface area contributed by atoms with Crippen molar-refractivity contribution in [1.82, 2.24) is 0 Å². The zero-order valence-corrected chi connectivity index (χ0v) is 12.7. The minimum atomic E-state index is -0.586. The first-order chi connectivity index (χ1) is 8.60. The molecule has 2 atom stereocenters. The lowest BCUT2D eigenvalue weighted by molar-refractivity contribution is 0.138. The van der Waals surface area contributed by atoms with Crippen LogP contribution in [0.15, 0.2) is 22.7 Å². The van der Waals surface area contributed by atoms with Crippen LogP contribution in [0.2, 0.25) is 0 Å². The van der Waals surface area contributed by atoms with Gasteiger partial charge >= 0.3 is 0 Å². The first-order valence-corrected chi connectivity index (χ1v) is 7.51. The van der Waals surface area contributed by atoms with Gasteiger partial charge in [-0.2, -0.15) is 0 Å². The second-order valence-corrected chi connectivity index (χ2v) is 5.60. The molecule has 0 saturated heterocycles. The van der Waals surface area contributed by atoms with Crippen LogP contribution >= 0.6 is 15.9 Å². The van der Waals surface area contributed by atoms with E-state index in [1.807, 2.05) is 0 Å². The Morgan fingerprint density at radius 2 is 2.06 bits per heavy atom. The summed E-state index contributed by atoms with van der Waals surface area (Å²) in [6, 6.07) is 4.82. The molecule has 0 aromatic heterocycles. The lowest BCUT2D eigenvalue weighted by Crippen LogP contribution is -2.08. The maximum absolute atomic E-state index is 13.4. The van der Waals surface area contributed by atoms with Gasteiger partial charge in [0.15, 0.2) is 0 Å². The standard InChI is InChI=1S/C15H22BrFO/c1-3-5-7-11(4-2)10-14(18)12-8-6-9-13(17)15(12)16/h6,8-9,11,14,18H,3-5,7,10H2,1-2H3. The number of hydrogen-bond donors (Lipinski definition) is 1. The van der Waals surface area contributed by atoms with Crippen molar-refractivity contribution in [2.24, 2.45) is 5.92 Å². The summed E-state index contributed by atoms with van der Waals surface area (Å²) in [5.41, 5.74) is 0.657. The summed E-state index contributed by atoms with van der Waals surface area (Å²) < 4.78 is 13.8. The van der Waals surface area contributed by atoms with Gasteiger partial charge in [0.2, 0.25) is 0 Å². The SMILES string of the molecule is CCCCC(CC)CC(O)c1cccc(F)c1Br. The molecular weight excluding hydrogens is 295 g/mol. The Morgan fingerprint density at radius 3 is 2.67 bits per heavy atom. The first kappa shape index (κ1) is 15.6. The Balaban J connectivity index is 2.68. The normalized spacial score (nSPS) is 14.5. The minimum Gasteiger partial charge on any atom is -0.388 e. The Bertz CT molecular complexity index is 368. The monoisotopic (exact) mass is 316 g/mol. The molecule has 2 unspecified atom stereocenters. The van der Waals surface area contributed by atoms with Crippen molar-refractivity contribution in [3.8, 4) is 0 Å². The van der Waals surface area contributed by atoms with E-state index >= 15 is 0 Å². The van der Waals surface area contributed by atoms with E-state index in [0.717, 1.165) is 12.8 Å². The average Bonchev–Trinajstić information content (AvgIpc) is 2.37. The molecule has 1 nitrogen and oxygen atoms in total. The molecule has 0 amide bonds. The molecule has 0 aliphatic heterocycles. The van der Waals surface area contributed by atoms with Crippen LogP contribution in [-0.2, 0) is 0 Å². The van der Waals surface area contributed by atoms with Crippen LogP contribution in [0.3, 0.4) is 0 Å². The van der Waals surface area contributed by atoms with Gasteiger partial charge in [-0.15, -0.1) is 0 Å². The fourth-order valence-corrected chi connectivity index (χ4v) is 2.73. The summed E-state index contributed by atoms with van der Waals surface area (Å²) in [4.78, 5) is 0. The average molecular weight is 317 g/mol. The second kappa shape index (κ2) is 7.90. The van der Waals surface area contributed by atoms with E-state index in [1.165, 1.54) is 18.9 Å². The van der Waals surface area contributed by atoms with Crippen LogP contribution in [0, 0.1) is 11.7 Å². The highest BCUT2D eigenvalue weighted by Crippen LogP contribution is 2.32. The van der Waals surface area contributed by atoms with E-state index in [-0.39, 0.29) is 5.82 Å². The smallest absolute Gasteiger partial charge is 0.137 e. The number of halogens is 2. The largest absolute Gasteiger partial charge is 0.388 e. The van der Waals surface area contributed by atoms with Gasteiger partial charge in [0.25, 0.3) is 0 Å². The summed E-state index contributed by atoms with van der Waals surface area (Å²) in [7, 11) is 0. The van der Waals surface area contributed by atoms with Crippen molar-refractivity contribution in [2.45, 2.75) is 52.1 Å². The zero-order chi connectivity index (χ0) is 13.5. The summed E-state index contributed by atoms with van der Waals surface area (Å²) >= 11 is 3.21. The van der Waals surface area contributed by atoms with E-state index in [1.54, 1.807) is 12.1 Å². The molecule has 0 heterocycles. The molecular formula is C15H22BrFO. The highest BCUT2D eigenvalue weighted by Gasteiger charge is 2.18. The molecule has 0 aliphatic rings. The van der Waals surface area contributed by atoms with Gasteiger partial charge in [-0.25, -0.2) is 4.39 Å². The molecule has 3 heteroatoms. The van der Waals surface area contributed by atoms with Gasteiger partial charge in [-0.3, -0.25) is 0 Å². The van der Waals surface area contributed by atoms with Crippen LogP contribution in [0.25, 0.3) is 0 Å². The number of rotatable bonds is 7. The fraction of sp³-hybridized carbons (Fsp3) is 0.600. The van der Waals surface area contributed by atoms with Crippen molar-refractivity contribution in [3.63, 3.8) is 0 Å². The Morgan fingerprint density at radius 1 is 1.33 bits per heavy atom. The molecule has 102 valence electrons. The van der Waals surface area contributed by atoms with Crippen molar-refractivity contribution < 1.29 is 9.50 Å². The Hall–Kier alpha value is -0.410. The van der Waals surface area contributed by atoms with E-state index in [4.69, 9.17) is 0 Å². The van der Waals surface area contributed by atoms with Crippen LogP contribution in [-0.4, -0.2) is 5.11 Å². The van der Waals surface area contributed by atoms with E-state index in [2.05, 4.69) is 29.8 Å². The van der Waals surface area contributed by atoms with Crippen LogP contribution in [0.1, 0.15) is 57.6 Å². The van der Waals surface area contributed by atoms with Crippen molar-refractivity contribution in [1.29, 1.82) is 0 Å². The van der Waals surface area contributed by atoms with Gasteiger partial charge in [0.1, 0.15) is 5.82 Å². The summed E-state index contributed by atoms with van der Waals surface area (Å²) in [6.07, 6.45) is 4.68. The van der Waals surface area contributed by atoms with Crippen LogP contribution < -0.4 is 0 Å². The van der Waals surface area contributed by atoms with E-state index < -0.39 is 6.10 Å². The Kier molecular flexibility index (Phi) is 6.87. The molecule has 1 aromatic carbocycles. The number of benzene rings is 1. The van der Waals surface area contributed by atoms with Crippen LogP contribution in [0.5, 0.6) is 0 Å². The van der Waals surface area contributed by atoms with Gasteiger partial charge < -0.3 is 5.11 Å². The third-order valence-electron chi connectivity index (χ3n) is 3.44. The molecule has 0 fully saturated rings. The zero-order valence-electron chi connectivity index (χ0n) is 11.1. The van der Waals surface area contributed by atoms with Crippen LogP contribution in [0.4, 0.5) is 4.39 Å². The maximum atomic E-state index is 13.4. The number of aliphatic hydroxyl groups is 1. The lowest BCUT2D eigenvalue weighted by atomic mass is 9.90. The molecule has 0 radical (unpaired) electrons. The van der Waals surface area contributed by atoms with Crippen molar-refractivity contribution in [3.05, 3.63) is 34.1 Å². The predicted molar refractivity (Wildman–Crippen MR) is 77.0 cm³/mol. The molecule has 0 saturated carbocycles. The molecule has 18 heavy (non-hydrogen) atoms. The first-order valence-electron chi connectivity index (χ1n) is 6.72.